The van der Waals surface area contributed by atoms with Crippen molar-refractivity contribution in [2.24, 2.45) is 5.92 Å². The molecule has 0 bridgehead atoms. The zero-order valence-corrected chi connectivity index (χ0v) is 13.2. The first kappa shape index (κ1) is 16.0. The van der Waals surface area contributed by atoms with Gasteiger partial charge in [-0.2, -0.15) is 4.31 Å². The Morgan fingerprint density at radius 2 is 2.00 bits per heavy atom. The van der Waals surface area contributed by atoms with Gasteiger partial charge in [0.1, 0.15) is 6.61 Å². The lowest BCUT2D eigenvalue weighted by Crippen LogP contribution is -2.38. The van der Waals surface area contributed by atoms with Gasteiger partial charge in [0.25, 0.3) is 0 Å². The molecular weight excluding hydrogens is 286 g/mol. The number of rotatable bonds is 5. The van der Waals surface area contributed by atoms with Crippen LogP contribution in [0.15, 0.2) is 29.2 Å². The smallest absolute Gasteiger partial charge is 0.244 e. The van der Waals surface area contributed by atoms with E-state index in [1.807, 2.05) is 13.8 Å². The van der Waals surface area contributed by atoms with Crippen LogP contribution in [0.5, 0.6) is 0 Å². The molecule has 114 valence electrons. The maximum absolute atomic E-state index is 12.9. The monoisotopic (exact) mass is 307 g/mol. The lowest BCUT2D eigenvalue weighted by Gasteiger charge is -2.26. The van der Waals surface area contributed by atoms with E-state index in [0.29, 0.717) is 18.0 Å². The van der Waals surface area contributed by atoms with Crippen molar-refractivity contribution < 1.29 is 13.5 Å². The van der Waals surface area contributed by atoms with Crippen LogP contribution in [0.2, 0.25) is 0 Å². The quantitative estimate of drug-likeness (QED) is 0.845. The molecule has 0 amide bonds. The van der Waals surface area contributed by atoms with E-state index in [4.69, 9.17) is 5.11 Å². The summed E-state index contributed by atoms with van der Waals surface area (Å²) in [5.74, 6) is 5.73. The van der Waals surface area contributed by atoms with Gasteiger partial charge < -0.3 is 5.11 Å². The maximum atomic E-state index is 12.9. The largest absolute Gasteiger partial charge is 0.384 e. The first-order valence-corrected chi connectivity index (χ1v) is 8.61. The Morgan fingerprint density at radius 3 is 2.57 bits per heavy atom. The van der Waals surface area contributed by atoms with Gasteiger partial charge in [-0.25, -0.2) is 8.42 Å². The molecule has 0 heterocycles. The van der Waals surface area contributed by atoms with E-state index in [2.05, 4.69) is 11.8 Å². The molecule has 1 N–H and O–H groups in total. The molecule has 0 atom stereocenters. The predicted octanol–water partition coefficient (Wildman–Crippen LogP) is 1.84. The van der Waals surface area contributed by atoms with Crippen molar-refractivity contribution in [2.75, 3.05) is 13.2 Å². The summed E-state index contributed by atoms with van der Waals surface area (Å²) in [6.07, 6.45) is 2.20. The summed E-state index contributed by atoms with van der Waals surface area (Å²) in [5.41, 5.74) is 0.438. The molecule has 1 aliphatic carbocycles. The van der Waals surface area contributed by atoms with E-state index < -0.39 is 10.0 Å². The topological polar surface area (TPSA) is 57.6 Å². The molecule has 1 aliphatic rings. The molecule has 4 nitrogen and oxygen atoms in total. The van der Waals surface area contributed by atoms with Crippen molar-refractivity contribution in [1.82, 2.24) is 4.31 Å². The average molecular weight is 307 g/mol. The Labute approximate surface area is 126 Å². The second-order valence-electron chi connectivity index (χ2n) is 5.57. The van der Waals surface area contributed by atoms with Crippen LogP contribution in [0.25, 0.3) is 0 Å². The number of hydrogen-bond acceptors (Lipinski definition) is 3. The highest BCUT2D eigenvalue weighted by atomic mass is 32.2. The van der Waals surface area contributed by atoms with Gasteiger partial charge in [-0.05, 0) is 44.7 Å². The lowest BCUT2D eigenvalue weighted by atomic mass is 10.2. The average Bonchev–Trinajstić information content (AvgIpc) is 3.26. The Balaban J connectivity index is 2.41. The standard InChI is InChI=1S/C16H21NO3S/c1-13(2)17(12-14-9-10-14)21(19,20)16-8-4-3-6-15(16)7-5-11-18/h3-4,6,8,13-14,18H,9-12H2,1-2H3. The molecule has 1 aromatic carbocycles. The highest BCUT2D eigenvalue weighted by Gasteiger charge is 2.34. The fourth-order valence-corrected chi connectivity index (χ4v) is 4.06. The number of benzene rings is 1. The van der Waals surface area contributed by atoms with Gasteiger partial charge in [-0.15, -0.1) is 0 Å². The normalized spacial score (nSPS) is 15.1. The van der Waals surface area contributed by atoms with E-state index in [9.17, 15) is 8.42 Å². The molecule has 21 heavy (non-hydrogen) atoms. The van der Waals surface area contributed by atoms with Crippen LogP contribution in [-0.2, 0) is 10.0 Å². The first-order chi connectivity index (χ1) is 9.96. The second-order valence-corrected chi connectivity index (χ2v) is 7.43. The molecule has 0 spiro atoms. The van der Waals surface area contributed by atoms with E-state index in [0.717, 1.165) is 12.8 Å². The van der Waals surface area contributed by atoms with Crippen molar-refractivity contribution in [3.8, 4) is 11.8 Å². The molecule has 2 rings (SSSR count). The zero-order valence-electron chi connectivity index (χ0n) is 12.4. The molecule has 5 heteroatoms. The minimum Gasteiger partial charge on any atom is -0.384 e. The summed E-state index contributed by atoms with van der Waals surface area (Å²) in [5, 5.41) is 8.81. The van der Waals surface area contributed by atoms with Gasteiger partial charge in [0.05, 0.1) is 4.90 Å². The van der Waals surface area contributed by atoms with E-state index in [1.54, 1.807) is 28.6 Å². The van der Waals surface area contributed by atoms with Gasteiger partial charge >= 0.3 is 0 Å². The minimum absolute atomic E-state index is 0.0885. The van der Waals surface area contributed by atoms with Crippen molar-refractivity contribution in [3.05, 3.63) is 29.8 Å². The Morgan fingerprint density at radius 1 is 1.33 bits per heavy atom. The molecule has 0 unspecified atom stereocenters. The van der Waals surface area contributed by atoms with E-state index >= 15 is 0 Å². The Kier molecular flexibility index (Phi) is 5.04. The van der Waals surface area contributed by atoms with Crippen LogP contribution >= 0.6 is 0 Å². The summed E-state index contributed by atoms with van der Waals surface area (Å²) in [6.45, 7) is 4.07. The third-order valence-electron chi connectivity index (χ3n) is 3.49. The van der Waals surface area contributed by atoms with Crippen molar-refractivity contribution in [2.45, 2.75) is 37.6 Å². The van der Waals surface area contributed by atoms with Crippen molar-refractivity contribution in [1.29, 1.82) is 0 Å². The van der Waals surface area contributed by atoms with Gasteiger partial charge in [0.15, 0.2) is 0 Å². The lowest BCUT2D eigenvalue weighted by molar-refractivity contribution is 0.341. The van der Waals surface area contributed by atoms with Crippen LogP contribution in [0, 0.1) is 17.8 Å². The third-order valence-corrected chi connectivity index (χ3v) is 5.59. The summed E-state index contributed by atoms with van der Waals surface area (Å²) in [6, 6.07) is 6.62. The zero-order chi connectivity index (χ0) is 15.5. The third kappa shape index (κ3) is 3.85. The van der Waals surface area contributed by atoms with Gasteiger partial charge in [0.2, 0.25) is 10.0 Å². The van der Waals surface area contributed by atoms with Crippen LogP contribution in [0.4, 0.5) is 0 Å². The van der Waals surface area contributed by atoms with Crippen LogP contribution in [0.3, 0.4) is 0 Å². The molecular formula is C16H21NO3S. The summed E-state index contributed by atoms with van der Waals surface area (Å²) < 4.78 is 27.4. The molecule has 1 aromatic rings. The fraction of sp³-hybridized carbons (Fsp3) is 0.500. The minimum atomic E-state index is -3.57. The number of hydrogen-bond donors (Lipinski definition) is 1. The number of aliphatic hydroxyl groups excluding tert-OH is 1. The summed E-state index contributed by atoms with van der Waals surface area (Å²) in [4.78, 5) is 0.223. The Bertz CT molecular complexity index is 652. The van der Waals surface area contributed by atoms with Crippen molar-refractivity contribution in [3.63, 3.8) is 0 Å². The highest BCUT2D eigenvalue weighted by molar-refractivity contribution is 7.89. The first-order valence-electron chi connectivity index (χ1n) is 7.17. The van der Waals surface area contributed by atoms with E-state index in [1.165, 1.54) is 0 Å². The predicted molar refractivity (Wildman–Crippen MR) is 82.2 cm³/mol. The van der Waals surface area contributed by atoms with Crippen LogP contribution in [0.1, 0.15) is 32.3 Å². The number of sulfonamides is 1. The SMILES string of the molecule is CC(C)N(CC1CC1)S(=O)(=O)c1ccccc1C#CCO. The van der Waals surface area contributed by atoms with Gasteiger partial charge in [-0.1, -0.05) is 24.0 Å². The molecule has 0 saturated heterocycles. The molecule has 0 aromatic heterocycles. The van der Waals surface area contributed by atoms with Crippen molar-refractivity contribution >= 4 is 10.0 Å². The van der Waals surface area contributed by atoms with Crippen LogP contribution < -0.4 is 0 Å². The van der Waals surface area contributed by atoms with Crippen LogP contribution in [-0.4, -0.2) is 37.0 Å². The highest BCUT2D eigenvalue weighted by Crippen LogP contribution is 2.33. The van der Waals surface area contributed by atoms with Gasteiger partial charge in [-0.3, -0.25) is 0 Å². The second kappa shape index (κ2) is 6.61. The van der Waals surface area contributed by atoms with E-state index in [-0.39, 0.29) is 17.5 Å². The molecule has 0 aliphatic heterocycles. The summed E-state index contributed by atoms with van der Waals surface area (Å²) >= 11 is 0. The number of aliphatic hydroxyl groups is 1. The molecule has 1 saturated carbocycles. The summed E-state index contributed by atoms with van der Waals surface area (Å²) in [7, 11) is -3.57. The Hall–Kier alpha value is -1.35. The maximum Gasteiger partial charge on any atom is 0.244 e. The van der Waals surface area contributed by atoms with Gasteiger partial charge in [0, 0.05) is 18.2 Å². The number of nitrogens with zero attached hydrogens (tertiary/aromatic N) is 1. The fourth-order valence-electron chi connectivity index (χ4n) is 2.20. The molecule has 0 radical (unpaired) electrons. The molecule has 1 fully saturated rings.